The van der Waals surface area contributed by atoms with E-state index in [1.54, 1.807) is 24.5 Å². The maximum absolute atomic E-state index is 11.9. The Morgan fingerprint density at radius 3 is 2.68 bits per heavy atom. The van der Waals surface area contributed by atoms with Gasteiger partial charge in [-0.15, -0.1) is 0 Å². The number of primary amides is 1. The maximum atomic E-state index is 11.9. The highest BCUT2D eigenvalue weighted by molar-refractivity contribution is 5.99. The molecule has 0 aliphatic heterocycles. The SMILES string of the molecule is CC(N)CNc1nc(Nc2cccc(-n3nccn3)c2)c(C(N)=O)cc1C#N. The van der Waals surface area contributed by atoms with Gasteiger partial charge in [-0.05, 0) is 31.2 Å². The van der Waals surface area contributed by atoms with Crippen molar-refractivity contribution in [3.63, 3.8) is 0 Å². The second-order valence-corrected chi connectivity index (χ2v) is 6.11. The van der Waals surface area contributed by atoms with E-state index in [2.05, 4.69) is 25.8 Å². The van der Waals surface area contributed by atoms with Crippen molar-refractivity contribution in [1.82, 2.24) is 20.0 Å². The summed E-state index contributed by atoms with van der Waals surface area (Å²) in [5.74, 6) is -0.156. The van der Waals surface area contributed by atoms with Crippen LogP contribution in [0.15, 0.2) is 42.7 Å². The summed E-state index contributed by atoms with van der Waals surface area (Å²) < 4.78 is 0. The first kappa shape index (κ1) is 18.8. The predicted molar refractivity (Wildman–Crippen MR) is 104 cm³/mol. The largest absolute Gasteiger partial charge is 0.367 e. The molecule has 0 aliphatic carbocycles. The number of benzene rings is 1. The average Bonchev–Trinajstić information content (AvgIpc) is 3.21. The van der Waals surface area contributed by atoms with Crippen molar-refractivity contribution >= 4 is 23.2 Å². The number of rotatable bonds is 7. The molecule has 0 bridgehead atoms. The minimum absolute atomic E-state index is 0.102. The van der Waals surface area contributed by atoms with Crippen molar-refractivity contribution < 1.29 is 4.79 Å². The maximum Gasteiger partial charge on any atom is 0.252 e. The zero-order valence-corrected chi connectivity index (χ0v) is 15.1. The Balaban J connectivity index is 1.98. The van der Waals surface area contributed by atoms with E-state index in [0.29, 0.717) is 18.1 Å². The third kappa shape index (κ3) is 4.22. The lowest BCUT2D eigenvalue weighted by Gasteiger charge is -2.15. The fourth-order valence-corrected chi connectivity index (χ4v) is 2.47. The molecule has 2 heterocycles. The number of carbonyl (C=O) groups excluding carboxylic acids is 1. The van der Waals surface area contributed by atoms with Crippen LogP contribution in [0.3, 0.4) is 0 Å². The number of nitrogens with one attached hydrogen (secondary N) is 2. The Hall–Kier alpha value is -3.97. The zero-order chi connectivity index (χ0) is 20.1. The van der Waals surface area contributed by atoms with E-state index >= 15 is 0 Å². The molecule has 3 aromatic rings. The van der Waals surface area contributed by atoms with E-state index in [0.717, 1.165) is 5.69 Å². The number of hydrogen-bond donors (Lipinski definition) is 4. The zero-order valence-electron chi connectivity index (χ0n) is 15.1. The second kappa shape index (κ2) is 8.15. The molecule has 0 fully saturated rings. The molecule has 2 aromatic heterocycles. The van der Waals surface area contributed by atoms with Crippen molar-refractivity contribution in [2.75, 3.05) is 17.2 Å². The molecule has 142 valence electrons. The smallest absolute Gasteiger partial charge is 0.252 e. The summed E-state index contributed by atoms with van der Waals surface area (Å²) in [7, 11) is 0. The monoisotopic (exact) mass is 377 g/mol. The van der Waals surface area contributed by atoms with Gasteiger partial charge in [0.1, 0.15) is 17.7 Å². The molecular formula is C18H19N9O. The number of nitriles is 1. The number of amides is 1. The fourth-order valence-electron chi connectivity index (χ4n) is 2.47. The molecule has 1 amide bonds. The molecule has 0 radical (unpaired) electrons. The number of nitrogens with two attached hydrogens (primary N) is 2. The highest BCUT2D eigenvalue weighted by Crippen LogP contribution is 2.25. The first-order valence-electron chi connectivity index (χ1n) is 8.46. The van der Waals surface area contributed by atoms with E-state index in [9.17, 15) is 10.1 Å². The molecule has 28 heavy (non-hydrogen) atoms. The van der Waals surface area contributed by atoms with Crippen LogP contribution in [0.25, 0.3) is 5.69 Å². The topological polar surface area (TPSA) is 161 Å². The first-order valence-corrected chi connectivity index (χ1v) is 8.46. The van der Waals surface area contributed by atoms with Crippen LogP contribution in [0.1, 0.15) is 22.8 Å². The van der Waals surface area contributed by atoms with Crippen LogP contribution in [-0.4, -0.2) is 38.5 Å². The number of hydrogen-bond acceptors (Lipinski definition) is 8. The lowest BCUT2D eigenvalue weighted by molar-refractivity contribution is 0.100. The lowest BCUT2D eigenvalue weighted by Crippen LogP contribution is -2.26. The minimum Gasteiger partial charge on any atom is -0.367 e. The van der Waals surface area contributed by atoms with E-state index in [1.807, 2.05) is 25.1 Å². The average molecular weight is 377 g/mol. The van der Waals surface area contributed by atoms with Gasteiger partial charge in [0.15, 0.2) is 0 Å². The molecule has 0 saturated heterocycles. The Morgan fingerprint density at radius 1 is 1.29 bits per heavy atom. The van der Waals surface area contributed by atoms with Crippen molar-refractivity contribution in [3.05, 3.63) is 53.9 Å². The van der Waals surface area contributed by atoms with Crippen molar-refractivity contribution in [2.24, 2.45) is 11.5 Å². The Kier molecular flexibility index (Phi) is 5.48. The van der Waals surface area contributed by atoms with Crippen LogP contribution in [0.4, 0.5) is 17.3 Å². The summed E-state index contributed by atoms with van der Waals surface area (Å²) >= 11 is 0. The molecule has 10 nitrogen and oxygen atoms in total. The molecule has 3 rings (SSSR count). The second-order valence-electron chi connectivity index (χ2n) is 6.11. The van der Waals surface area contributed by atoms with E-state index in [-0.39, 0.29) is 23.0 Å². The van der Waals surface area contributed by atoms with Gasteiger partial charge in [-0.25, -0.2) is 4.98 Å². The quantitative estimate of drug-likeness (QED) is 0.476. The first-order chi connectivity index (χ1) is 13.5. The highest BCUT2D eigenvalue weighted by atomic mass is 16.1. The van der Waals surface area contributed by atoms with Crippen LogP contribution in [0.2, 0.25) is 0 Å². The van der Waals surface area contributed by atoms with Crippen LogP contribution in [-0.2, 0) is 0 Å². The molecule has 1 aromatic carbocycles. The van der Waals surface area contributed by atoms with Crippen LogP contribution >= 0.6 is 0 Å². The molecule has 0 saturated carbocycles. The Bertz CT molecular complexity index is 1020. The summed E-state index contributed by atoms with van der Waals surface area (Å²) in [4.78, 5) is 17.7. The summed E-state index contributed by atoms with van der Waals surface area (Å²) in [6, 6.07) is 10.5. The van der Waals surface area contributed by atoms with Crippen LogP contribution in [0, 0.1) is 11.3 Å². The molecule has 6 N–H and O–H groups in total. The summed E-state index contributed by atoms with van der Waals surface area (Å²) in [6.45, 7) is 2.24. The summed E-state index contributed by atoms with van der Waals surface area (Å²) in [6.07, 6.45) is 3.15. The third-order valence-corrected chi connectivity index (χ3v) is 3.76. The Morgan fingerprint density at radius 2 is 2.04 bits per heavy atom. The molecule has 10 heteroatoms. The molecule has 1 atom stereocenters. The number of pyridine rings is 1. The predicted octanol–water partition coefficient (Wildman–Crippen LogP) is 1.14. The summed E-state index contributed by atoms with van der Waals surface area (Å²) in [5, 5.41) is 23.6. The van der Waals surface area contributed by atoms with Gasteiger partial charge >= 0.3 is 0 Å². The number of carbonyl (C=O) groups is 1. The number of aromatic nitrogens is 4. The van der Waals surface area contributed by atoms with E-state index in [4.69, 9.17) is 11.5 Å². The number of anilines is 3. The van der Waals surface area contributed by atoms with Crippen molar-refractivity contribution in [1.29, 1.82) is 5.26 Å². The molecule has 0 spiro atoms. The normalized spacial score (nSPS) is 11.5. The van der Waals surface area contributed by atoms with Gasteiger partial charge in [0.2, 0.25) is 0 Å². The van der Waals surface area contributed by atoms with Gasteiger partial charge < -0.3 is 22.1 Å². The van der Waals surface area contributed by atoms with Crippen molar-refractivity contribution in [3.8, 4) is 11.8 Å². The third-order valence-electron chi connectivity index (χ3n) is 3.76. The molecular weight excluding hydrogens is 358 g/mol. The molecule has 1 unspecified atom stereocenters. The van der Waals surface area contributed by atoms with Gasteiger partial charge in [-0.3, -0.25) is 4.79 Å². The van der Waals surface area contributed by atoms with E-state index < -0.39 is 5.91 Å². The standard InChI is InChI=1S/C18H19N9O/c1-11(20)10-22-17-12(9-19)7-15(16(21)28)18(26-17)25-13-3-2-4-14(8-13)27-23-5-6-24-27/h2-8,11H,10,20H2,1H3,(H2,21,28)(H2,22,25,26). The number of nitrogens with zero attached hydrogens (tertiary/aromatic N) is 5. The van der Waals surface area contributed by atoms with Crippen LogP contribution in [0.5, 0.6) is 0 Å². The summed E-state index contributed by atoms with van der Waals surface area (Å²) in [5.41, 5.74) is 12.9. The van der Waals surface area contributed by atoms with Gasteiger partial charge in [-0.1, -0.05) is 6.07 Å². The van der Waals surface area contributed by atoms with Gasteiger partial charge in [-0.2, -0.15) is 20.3 Å². The van der Waals surface area contributed by atoms with Gasteiger partial charge in [0, 0.05) is 18.3 Å². The highest BCUT2D eigenvalue weighted by Gasteiger charge is 2.16. The van der Waals surface area contributed by atoms with E-state index in [1.165, 1.54) is 10.9 Å². The molecule has 0 aliphatic rings. The lowest BCUT2D eigenvalue weighted by atomic mass is 10.1. The van der Waals surface area contributed by atoms with Gasteiger partial charge in [0.25, 0.3) is 5.91 Å². The minimum atomic E-state index is -0.699. The van der Waals surface area contributed by atoms with Crippen LogP contribution < -0.4 is 22.1 Å². The Labute approximate surface area is 161 Å². The van der Waals surface area contributed by atoms with Crippen molar-refractivity contribution in [2.45, 2.75) is 13.0 Å². The fraction of sp³-hybridized carbons (Fsp3) is 0.167. The van der Waals surface area contributed by atoms with Gasteiger partial charge in [0.05, 0.1) is 29.2 Å².